The van der Waals surface area contributed by atoms with Gasteiger partial charge in [-0.3, -0.25) is 0 Å². The van der Waals surface area contributed by atoms with Crippen LogP contribution in [-0.4, -0.2) is 15.3 Å². The van der Waals surface area contributed by atoms with E-state index in [1.54, 1.807) is 30.3 Å². The first-order valence-corrected chi connectivity index (χ1v) is 11.1. The van der Waals surface area contributed by atoms with Crippen molar-refractivity contribution in [1.82, 2.24) is 0 Å². The third-order valence-corrected chi connectivity index (χ3v) is 5.80. The molecule has 0 saturated carbocycles. The summed E-state index contributed by atoms with van der Waals surface area (Å²) in [7, 11) is 0. The first-order chi connectivity index (χ1) is 16.1. The van der Waals surface area contributed by atoms with Gasteiger partial charge in [0.2, 0.25) is 0 Å². The van der Waals surface area contributed by atoms with Crippen LogP contribution >= 0.6 is 0 Å². The first kappa shape index (κ1) is 23.1. The molecular weight excluding hydrogens is 426 g/mol. The molecule has 4 aromatic carbocycles. The number of nitrogens with zero attached hydrogens (tertiary/aromatic N) is 1. The van der Waals surface area contributed by atoms with Crippen LogP contribution in [0.3, 0.4) is 0 Å². The van der Waals surface area contributed by atoms with Crippen LogP contribution in [0.4, 0.5) is 17.1 Å². The predicted octanol–water partition coefficient (Wildman–Crippen LogP) is 7.61. The van der Waals surface area contributed by atoms with Crippen LogP contribution in [0.15, 0.2) is 66.7 Å². The summed E-state index contributed by atoms with van der Waals surface area (Å²) < 4.78 is 5.96. The zero-order chi connectivity index (χ0) is 24.6. The van der Waals surface area contributed by atoms with E-state index >= 15 is 0 Å². The Kier molecular flexibility index (Phi) is 6.12. The van der Waals surface area contributed by atoms with E-state index in [1.165, 1.54) is 0 Å². The smallest absolute Gasteiger partial charge is 0.140 e. The second-order valence-corrected chi connectivity index (χ2v) is 8.78. The Morgan fingerprint density at radius 2 is 1.03 bits per heavy atom. The molecule has 0 bridgehead atoms. The number of aromatic hydroxyl groups is 3. The molecule has 0 spiro atoms. The molecule has 0 unspecified atom stereocenters. The number of hydrogen-bond donors (Lipinski definition) is 3. The Morgan fingerprint density at radius 1 is 0.529 bits per heavy atom. The second kappa shape index (κ2) is 9.02. The van der Waals surface area contributed by atoms with Crippen molar-refractivity contribution in [3.63, 3.8) is 0 Å². The molecule has 0 atom stereocenters. The molecule has 5 nitrogen and oxygen atoms in total. The molecule has 4 aromatic rings. The highest BCUT2D eigenvalue weighted by Crippen LogP contribution is 2.47. The van der Waals surface area contributed by atoms with E-state index < -0.39 is 0 Å². The lowest BCUT2D eigenvalue weighted by Crippen LogP contribution is -2.13. The molecule has 5 heteroatoms. The lowest BCUT2D eigenvalue weighted by molar-refractivity contribution is 0.460. The molecule has 174 valence electrons. The fraction of sp³-hybridized carbons (Fsp3) is 0.172. The van der Waals surface area contributed by atoms with Gasteiger partial charge in [0.05, 0.1) is 11.4 Å². The summed E-state index contributed by atoms with van der Waals surface area (Å²) in [6, 6.07) is 20.0. The summed E-state index contributed by atoms with van der Waals surface area (Å²) in [6.45, 7) is 9.58. The van der Waals surface area contributed by atoms with Crippen LogP contribution in [-0.2, 0) is 0 Å². The molecule has 0 heterocycles. The van der Waals surface area contributed by atoms with Crippen molar-refractivity contribution in [2.75, 3.05) is 4.90 Å². The van der Waals surface area contributed by atoms with E-state index in [9.17, 15) is 15.3 Å². The van der Waals surface area contributed by atoms with Gasteiger partial charge >= 0.3 is 0 Å². The molecule has 0 aliphatic carbocycles. The van der Waals surface area contributed by atoms with Crippen LogP contribution in [0.1, 0.15) is 27.8 Å². The minimum Gasteiger partial charge on any atom is -0.508 e. The number of hydrogen-bond acceptors (Lipinski definition) is 5. The molecule has 0 fully saturated rings. The number of rotatable bonds is 5. The number of anilines is 3. The molecular formula is C29H29NO4. The molecule has 0 radical (unpaired) electrons. The standard InChI is InChI=1S/C29H29NO4/c1-17-12-20(4)28(26(32)14-17)30(29-21(5)13-18(2)15-27(29)33)22-6-8-23(9-7-22)34-24-10-11-25(31)19(3)16-24/h6-16,31-33H,1-5H3. The molecule has 4 rings (SSSR count). The summed E-state index contributed by atoms with van der Waals surface area (Å²) in [4.78, 5) is 1.88. The zero-order valence-electron chi connectivity index (χ0n) is 20.0. The van der Waals surface area contributed by atoms with Gasteiger partial charge in [-0.25, -0.2) is 0 Å². The van der Waals surface area contributed by atoms with Crippen molar-refractivity contribution in [3.05, 3.63) is 94.5 Å². The van der Waals surface area contributed by atoms with Gasteiger partial charge < -0.3 is 25.0 Å². The monoisotopic (exact) mass is 455 g/mol. The fourth-order valence-corrected chi connectivity index (χ4v) is 4.32. The lowest BCUT2D eigenvalue weighted by atomic mass is 10.0. The summed E-state index contributed by atoms with van der Waals surface area (Å²) in [5.74, 6) is 1.75. The Hall–Kier alpha value is -4.12. The normalized spacial score (nSPS) is 10.9. The molecule has 0 amide bonds. The van der Waals surface area contributed by atoms with E-state index in [2.05, 4.69) is 0 Å². The molecule has 34 heavy (non-hydrogen) atoms. The minimum atomic E-state index is 0.136. The van der Waals surface area contributed by atoms with Gasteiger partial charge in [0, 0.05) is 5.69 Å². The fourth-order valence-electron chi connectivity index (χ4n) is 4.32. The Bertz CT molecular complexity index is 1260. The summed E-state index contributed by atoms with van der Waals surface area (Å²) in [6.07, 6.45) is 0. The van der Waals surface area contributed by atoms with Crippen molar-refractivity contribution < 1.29 is 20.1 Å². The molecule has 3 N–H and O–H groups in total. The maximum absolute atomic E-state index is 10.9. The van der Waals surface area contributed by atoms with Crippen LogP contribution in [0.25, 0.3) is 0 Å². The Morgan fingerprint density at radius 3 is 1.50 bits per heavy atom. The number of benzene rings is 4. The summed E-state index contributed by atoms with van der Waals surface area (Å²) in [5.41, 5.74) is 6.39. The maximum atomic E-state index is 10.9. The SMILES string of the molecule is Cc1cc(C)c(N(c2ccc(Oc3ccc(O)c(C)c3)cc2)c2c(C)cc(C)cc2O)c(O)c1. The van der Waals surface area contributed by atoms with Gasteiger partial charge in [-0.05, 0) is 117 Å². The van der Waals surface area contributed by atoms with E-state index in [4.69, 9.17) is 4.74 Å². The molecule has 0 aliphatic rings. The second-order valence-electron chi connectivity index (χ2n) is 8.78. The van der Waals surface area contributed by atoms with E-state index in [-0.39, 0.29) is 17.2 Å². The Balaban J connectivity index is 1.81. The van der Waals surface area contributed by atoms with Gasteiger partial charge in [0.25, 0.3) is 0 Å². The average Bonchev–Trinajstić information content (AvgIpc) is 2.74. The number of ether oxygens (including phenoxy) is 1. The molecule has 0 aromatic heterocycles. The van der Waals surface area contributed by atoms with Crippen molar-refractivity contribution in [1.29, 1.82) is 0 Å². The third kappa shape index (κ3) is 4.50. The molecule has 0 aliphatic heterocycles. The van der Waals surface area contributed by atoms with Crippen molar-refractivity contribution in [2.24, 2.45) is 0 Å². The van der Waals surface area contributed by atoms with Crippen molar-refractivity contribution in [2.45, 2.75) is 34.6 Å². The summed E-state index contributed by atoms with van der Waals surface area (Å²) >= 11 is 0. The van der Waals surface area contributed by atoms with E-state index in [0.717, 1.165) is 33.5 Å². The largest absolute Gasteiger partial charge is 0.508 e. The van der Waals surface area contributed by atoms with E-state index in [0.29, 0.717) is 22.9 Å². The quantitative estimate of drug-likeness (QED) is 0.289. The molecule has 0 saturated heterocycles. The van der Waals surface area contributed by atoms with Gasteiger partial charge in [0.15, 0.2) is 0 Å². The number of phenolic OH excluding ortho intramolecular Hbond substituents is 3. The van der Waals surface area contributed by atoms with Crippen LogP contribution in [0.2, 0.25) is 0 Å². The topological polar surface area (TPSA) is 73.2 Å². The van der Waals surface area contributed by atoms with Gasteiger partial charge in [-0.2, -0.15) is 0 Å². The van der Waals surface area contributed by atoms with Gasteiger partial charge in [-0.1, -0.05) is 12.1 Å². The average molecular weight is 456 g/mol. The Labute approximate surface area is 200 Å². The van der Waals surface area contributed by atoms with Crippen molar-refractivity contribution >= 4 is 17.1 Å². The highest BCUT2D eigenvalue weighted by atomic mass is 16.5. The highest BCUT2D eigenvalue weighted by Gasteiger charge is 2.23. The lowest BCUT2D eigenvalue weighted by Gasteiger charge is -2.30. The van der Waals surface area contributed by atoms with E-state index in [1.807, 2.05) is 75.9 Å². The third-order valence-electron chi connectivity index (χ3n) is 5.80. The highest BCUT2D eigenvalue weighted by molar-refractivity contribution is 5.86. The zero-order valence-corrected chi connectivity index (χ0v) is 20.0. The number of phenols is 3. The van der Waals surface area contributed by atoms with Crippen LogP contribution in [0.5, 0.6) is 28.7 Å². The van der Waals surface area contributed by atoms with Crippen LogP contribution in [0, 0.1) is 34.6 Å². The van der Waals surface area contributed by atoms with Crippen LogP contribution < -0.4 is 9.64 Å². The maximum Gasteiger partial charge on any atom is 0.140 e. The van der Waals surface area contributed by atoms with Crippen molar-refractivity contribution in [3.8, 4) is 28.7 Å². The van der Waals surface area contributed by atoms with Gasteiger partial charge in [0.1, 0.15) is 28.7 Å². The van der Waals surface area contributed by atoms with Gasteiger partial charge in [-0.15, -0.1) is 0 Å². The predicted molar refractivity (Wildman–Crippen MR) is 136 cm³/mol. The summed E-state index contributed by atoms with van der Waals surface area (Å²) in [5, 5.41) is 31.6. The minimum absolute atomic E-state index is 0.136. The first-order valence-electron chi connectivity index (χ1n) is 11.1. The number of aryl methyl sites for hydroxylation is 5.